The van der Waals surface area contributed by atoms with E-state index in [0.717, 1.165) is 22.4 Å². The lowest BCUT2D eigenvalue weighted by Gasteiger charge is -2.13. The fraction of sp³-hybridized carbons (Fsp3) is 0.261. The maximum Gasteiger partial charge on any atom is 0.353 e. The van der Waals surface area contributed by atoms with E-state index in [0.29, 0.717) is 18.0 Å². The smallest absolute Gasteiger partial charge is 0.353 e. The van der Waals surface area contributed by atoms with E-state index in [2.05, 4.69) is 16.8 Å². The Morgan fingerprint density at radius 3 is 2.74 bits per heavy atom. The van der Waals surface area contributed by atoms with Gasteiger partial charge in [-0.15, -0.1) is 5.10 Å². The van der Waals surface area contributed by atoms with E-state index in [1.54, 1.807) is 13.1 Å². The molecule has 0 aliphatic carbocycles. The lowest BCUT2D eigenvalue weighted by Crippen LogP contribution is -2.22. The highest BCUT2D eigenvalue weighted by molar-refractivity contribution is 5.99. The molecule has 0 aliphatic heterocycles. The molecule has 0 spiro atoms. The number of benzene rings is 2. The second-order valence-corrected chi connectivity index (χ2v) is 6.88. The molecule has 0 N–H and O–H groups in total. The van der Waals surface area contributed by atoms with Crippen LogP contribution in [0, 0.1) is 6.92 Å². The summed E-state index contributed by atoms with van der Waals surface area (Å²) >= 11 is 0. The van der Waals surface area contributed by atoms with Crippen molar-refractivity contribution in [3.8, 4) is 17.4 Å². The number of methoxy groups -OCH3 is 1. The summed E-state index contributed by atoms with van der Waals surface area (Å²) in [4.78, 5) is 17.7. The Morgan fingerprint density at radius 1 is 1.26 bits per heavy atom. The first-order valence-corrected chi connectivity index (χ1v) is 9.75. The average molecular weight is 422 g/mol. The number of nitrogens with zero attached hydrogens (tertiary/aromatic N) is 4. The molecule has 31 heavy (non-hydrogen) atoms. The van der Waals surface area contributed by atoms with Crippen LogP contribution < -0.4 is 15.2 Å². The van der Waals surface area contributed by atoms with Crippen molar-refractivity contribution in [3.05, 3.63) is 82.3 Å². The molecule has 3 aromatic rings. The number of aryl methyl sites for hydroxylation is 2. The number of rotatable bonds is 9. The molecule has 0 amide bonds. The summed E-state index contributed by atoms with van der Waals surface area (Å²) in [6.07, 6.45) is 1.65. The van der Waals surface area contributed by atoms with Gasteiger partial charge in [0.2, 0.25) is 0 Å². The van der Waals surface area contributed by atoms with Crippen molar-refractivity contribution in [3.63, 3.8) is 0 Å². The first-order valence-electron chi connectivity index (χ1n) is 9.75. The molecule has 0 fully saturated rings. The van der Waals surface area contributed by atoms with Gasteiger partial charge in [-0.3, -0.25) is 0 Å². The van der Waals surface area contributed by atoms with Crippen molar-refractivity contribution >= 4 is 5.71 Å². The molecule has 3 rings (SSSR count). The van der Waals surface area contributed by atoms with E-state index in [-0.39, 0.29) is 18.3 Å². The maximum absolute atomic E-state index is 12.5. The third-order valence-electron chi connectivity index (χ3n) is 4.69. The zero-order valence-electron chi connectivity index (χ0n) is 18.2. The van der Waals surface area contributed by atoms with Crippen LogP contribution in [0.15, 0.2) is 65.1 Å². The quantitative estimate of drug-likeness (QED) is 0.229. The highest BCUT2D eigenvalue weighted by Crippen LogP contribution is 2.22. The highest BCUT2D eigenvalue weighted by Gasteiger charge is 2.16. The van der Waals surface area contributed by atoms with Crippen molar-refractivity contribution in [2.45, 2.75) is 20.5 Å². The van der Waals surface area contributed by atoms with Gasteiger partial charge >= 0.3 is 11.7 Å². The molecule has 1 aromatic heterocycles. The van der Waals surface area contributed by atoms with E-state index in [9.17, 15) is 4.79 Å². The van der Waals surface area contributed by atoms with Crippen LogP contribution in [0.3, 0.4) is 0 Å². The topological polar surface area (TPSA) is 79.9 Å². The van der Waals surface area contributed by atoms with Gasteiger partial charge in [-0.2, -0.15) is 0 Å². The van der Waals surface area contributed by atoms with Gasteiger partial charge in [0, 0.05) is 18.2 Å². The van der Waals surface area contributed by atoms with Crippen LogP contribution in [-0.4, -0.2) is 33.8 Å². The van der Waals surface area contributed by atoms with Gasteiger partial charge in [0.25, 0.3) is 0 Å². The monoisotopic (exact) mass is 422 g/mol. The number of hydrogen-bond donors (Lipinski definition) is 0. The minimum absolute atomic E-state index is 0.216. The molecule has 1 heterocycles. The molecular formula is C23H26N4O4. The van der Waals surface area contributed by atoms with Gasteiger partial charge in [0.15, 0.2) is 0 Å². The predicted octanol–water partition coefficient (Wildman–Crippen LogP) is 3.39. The molecule has 0 saturated heterocycles. The predicted molar refractivity (Wildman–Crippen MR) is 119 cm³/mol. The van der Waals surface area contributed by atoms with E-state index >= 15 is 0 Å². The minimum atomic E-state index is -0.294. The lowest BCUT2D eigenvalue weighted by atomic mass is 10.0. The van der Waals surface area contributed by atoms with E-state index in [1.807, 2.05) is 56.3 Å². The molecule has 8 nitrogen and oxygen atoms in total. The van der Waals surface area contributed by atoms with Crippen molar-refractivity contribution in [2.75, 3.05) is 13.7 Å². The third-order valence-corrected chi connectivity index (χ3v) is 4.69. The first-order chi connectivity index (χ1) is 15.0. The van der Waals surface area contributed by atoms with Gasteiger partial charge in [0.05, 0.1) is 18.5 Å². The van der Waals surface area contributed by atoms with E-state index in [4.69, 9.17) is 14.3 Å². The van der Waals surface area contributed by atoms with Crippen LogP contribution in [0.25, 0.3) is 5.69 Å². The number of oxime groups is 1. The van der Waals surface area contributed by atoms with Crippen LogP contribution in [0.2, 0.25) is 0 Å². The molecule has 0 saturated carbocycles. The zero-order valence-corrected chi connectivity index (χ0v) is 18.2. The van der Waals surface area contributed by atoms with Gasteiger partial charge in [-0.25, -0.2) is 14.0 Å². The third kappa shape index (κ3) is 4.85. The molecule has 2 aromatic carbocycles. The number of para-hydroxylation sites is 1. The Balaban J connectivity index is 1.82. The van der Waals surface area contributed by atoms with Crippen LogP contribution in [0.5, 0.6) is 11.8 Å². The van der Waals surface area contributed by atoms with Crippen LogP contribution >= 0.6 is 0 Å². The first kappa shape index (κ1) is 21.9. The number of ether oxygens (including phenoxy) is 2. The summed E-state index contributed by atoms with van der Waals surface area (Å²) in [5.41, 5.74) is 3.96. The van der Waals surface area contributed by atoms with E-state index in [1.165, 1.54) is 16.4 Å². The summed E-state index contributed by atoms with van der Waals surface area (Å²) in [5, 5.41) is 8.20. The van der Waals surface area contributed by atoms with Crippen molar-refractivity contribution in [2.24, 2.45) is 12.2 Å². The highest BCUT2D eigenvalue weighted by atomic mass is 16.6. The Morgan fingerprint density at radius 2 is 2.03 bits per heavy atom. The largest absolute Gasteiger partial charge is 0.489 e. The second kappa shape index (κ2) is 9.80. The maximum atomic E-state index is 12.5. The molecule has 0 bridgehead atoms. The fourth-order valence-corrected chi connectivity index (χ4v) is 3.16. The normalized spacial score (nSPS) is 11.3. The number of aromatic nitrogens is 3. The molecule has 0 radical (unpaired) electrons. The van der Waals surface area contributed by atoms with Crippen LogP contribution in [0.4, 0.5) is 0 Å². The molecular weight excluding hydrogens is 396 g/mol. The Labute approximate surface area is 181 Å². The number of hydrogen-bond acceptors (Lipinski definition) is 6. The summed E-state index contributed by atoms with van der Waals surface area (Å²) in [6, 6.07) is 13.5. The fourth-order valence-electron chi connectivity index (χ4n) is 3.16. The Hall–Kier alpha value is -3.81. The van der Waals surface area contributed by atoms with Crippen molar-refractivity contribution in [1.29, 1.82) is 0 Å². The molecule has 8 heteroatoms. The Kier molecular flexibility index (Phi) is 6.92. The molecule has 0 atom stereocenters. The second-order valence-electron chi connectivity index (χ2n) is 6.88. The van der Waals surface area contributed by atoms with Gasteiger partial charge in [-0.1, -0.05) is 36.0 Å². The van der Waals surface area contributed by atoms with Gasteiger partial charge < -0.3 is 14.3 Å². The molecule has 162 valence electrons. The van der Waals surface area contributed by atoms with Gasteiger partial charge in [-0.05, 0) is 43.7 Å². The summed E-state index contributed by atoms with van der Waals surface area (Å²) < 4.78 is 14.0. The SMILES string of the molecule is C=CCO/N=C(\C)c1ccc(OCc2ccccc2-n2c(OC)nn(C)c2=O)cc1C. The lowest BCUT2D eigenvalue weighted by molar-refractivity contribution is 0.175. The Bertz CT molecular complexity index is 1160. The molecule has 0 unspecified atom stereocenters. The summed E-state index contributed by atoms with van der Waals surface area (Å²) in [5.74, 6) is 0.710. The summed E-state index contributed by atoms with van der Waals surface area (Å²) in [7, 11) is 3.06. The average Bonchev–Trinajstić information content (AvgIpc) is 3.06. The van der Waals surface area contributed by atoms with Crippen molar-refractivity contribution in [1.82, 2.24) is 14.3 Å². The standard InChI is InChI=1S/C23H26N4O4/c1-6-13-31-25-17(3)20-12-11-19(14-16(20)2)30-15-18-9-7-8-10-21(18)27-22(29-5)24-26(4)23(27)28/h6-12,14H,1,13,15H2,2-5H3/b25-17+. The zero-order chi connectivity index (χ0) is 22.4. The van der Waals surface area contributed by atoms with Gasteiger partial charge in [0.1, 0.15) is 19.0 Å². The van der Waals surface area contributed by atoms with E-state index < -0.39 is 0 Å². The molecule has 0 aliphatic rings. The summed E-state index contributed by atoms with van der Waals surface area (Å²) in [6.45, 7) is 8.12. The van der Waals surface area contributed by atoms with Crippen molar-refractivity contribution < 1.29 is 14.3 Å². The minimum Gasteiger partial charge on any atom is -0.489 e. The van der Waals surface area contributed by atoms with Crippen LogP contribution in [0.1, 0.15) is 23.6 Å². The van der Waals surface area contributed by atoms with Crippen LogP contribution in [-0.2, 0) is 18.5 Å².